The van der Waals surface area contributed by atoms with Crippen molar-refractivity contribution in [3.8, 4) is 5.75 Å². The molecule has 0 fully saturated rings. The number of H-pyrrole nitrogens is 1. The maximum absolute atomic E-state index is 10.0. The van der Waals surface area contributed by atoms with E-state index in [1.54, 1.807) is 0 Å². The van der Waals surface area contributed by atoms with E-state index in [1.165, 1.54) is 0 Å². The van der Waals surface area contributed by atoms with Crippen LogP contribution in [-0.2, 0) is 0 Å². The van der Waals surface area contributed by atoms with E-state index in [2.05, 4.69) is 11.9 Å². The number of aromatic amines is 1. The molecular formula is C12H16N2O. The molecule has 80 valence electrons. The fourth-order valence-corrected chi connectivity index (χ4v) is 1.90. The summed E-state index contributed by atoms with van der Waals surface area (Å²) in [4.78, 5) is 3.06. The first kappa shape index (κ1) is 10.1. The van der Waals surface area contributed by atoms with Gasteiger partial charge >= 0.3 is 0 Å². The number of phenolic OH excluding ortho intramolecular Hbond substituents is 1. The molecule has 0 radical (unpaired) electrons. The van der Waals surface area contributed by atoms with E-state index < -0.39 is 0 Å². The van der Waals surface area contributed by atoms with E-state index in [9.17, 15) is 5.11 Å². The molecule has 0 aliphatic carbocycles. The van der Waals surface area contributed by atoms with Crippen LogP contribution in [-0.4, -0.2) is 10.1 Å². The number of hydrogen-bond donors (Lipinski definition) is 3. The van der Waals surface area contributed by atoms with Gasteiger partial charge in [-0.3, -0.25) is 0 Å². The molecule has 0 spiro atoms. The molecule has 3 heteroatoms. The number of rotatable bonds is 3. The topological polar surface area (TPSA) is 62.0 Å². The highest BCUT2D eigenvalue weighted by atomic mass is 16.3. The van der Waals surface area contributed by atoms with E-state index in [0.717, 1.165) is 29.3 Å². The summed E-state index contributed by atoms with van der Waals surface area (Å²) in [5, 5.41) is 10.9. The average Bonchev–Trinajstić information content (AvgIpc) is 2.67. The van der Waals surface area contributed by atoms with Crippen molar-refractivity contribution in [1.29, 1.82) is 0 Å². The van der Waals surface area contributed by atoms with Crippen LogP contribution in [0.4, 0.5) is 0 Å². The maximum atomic E-state index is 10.0. The van der Waals surface area contributed by atoms with E-state index in [0.29, 0.717) is 5.75 Å². The van der Waals surface area contributed by atoms with E-state index in [1.807, 2.05) is 24.4 Å². The molecule has 4 N–H and O–H groups in total. The smallest absolute Gasteiger partial charge is 0.129 e. The third-order valence-corrected chi connectivity index (χ3v) is 2.74. The second-order valence-corrected chi connectivity index (χ2v) is 3.84. The third-order valence-electron chi connectivity index (χ3n) is 2.74. The fourth-order valence-electron chi connectivity index (χ4n) is 1.90. The molecule has 1 atom stereocenters. The zero-order chi connectivity index (χ0) is 10.8. The highest BCUT2D eigenvalue weighted by Gasteiger charge is 2.12. The molecule has 15 heavy (non-hydrogen) atoms. The SMILES string of the molecule is CCC[C@@H](N)c1ccc2[nH]ccc2c1O. The molecular weight excluding hydrogens is 188 g/mol. The molecule has 1 aromatic heterocycles. The lowest BCUT2D eigenvalue weighted by atomic mass is 10.0. The van der Waals surface area contributed by atoms with Crippen LogP contribution in [0.3, 0.4) is 0 Å². The minimum atomic E-state index is -0.0747. The molecule has 0 aliphatic rings. The summed E-state index contributed by atoms with van der Waals surface area (Å²) in [5.41, 5.74) is 7.78. The summed E-state index contributed by atoms with van der Waals surface area (Å²) < 4.78 is 0. The van der Waals surface area contributed by atoms with Gasteiger partial charge in [0.15, 0.2) is 0 Å². The summed E-state index contributed by atoms with van der Waals surface area (Å²) in [6.07, 6.45) is 3.73. The van der Waals surface area contributed by atoms with Crippen molar-refractivity contribution in [1.82, 2.24) is 4.98 Å². The van der Waals surface area contributed by atoms with Gasteiger partial charge in [-0.25, -0.2) is 0 Å². The second kappa shape index (κ2) is 3.95. The van der Waals surface area contributed by atoms with Crippen molar-refractivity contribution in [2.75, 3.05) is 0 Å². The third kappa shape index (κ3) is 1.70. The molecule has 0 unspecified atom stereocenters. The van der Waals surface area contributed by atoms with Crippen LogP contribution in [0.1, 0.15) is 31.4 Å². The van der Waals surface area contributed by atoms with Gasteiger partial charge in [0, 0.05) is 28.7 Å². The second-order valence-electron chi connectivity index (χ2n) is 3.84. The van der Waals surface area contributed by atoms with E-state index in [4.69, 9.17) is 5.73 Å². The number of nitrogens with one attached hydrogen (secondary N) is 1. The Morgan fingerprint density at radius 3 is 2.93 bits per heavy atom. The number of phenols is 1. The van der Waals surface area contributed by atoms with Crippen LogP contribution >= 0.6 is 0 Å². The van der Waals surface area contributed by atoms with Gasteiger partial charge in [-0.15, -0.1) is 0 Å². The molecule has 3 nitrogen and oxygen atoms in total. The predicted octanol–water partition coefficient (Wildman–Crippen LogP) is 2.67. The first-order valence-corrected chi connectivity index (χ1v) is 5.28. The lowest BCUT2D eigenvalue weighted by Gasteiger charge is -2.12. The summed E-state index contributed by atoms with van der Waals surface area (Å²) in [6.45, 7) is 2.09. The number of nitrogens with two attached hydrogens (primary N) is 1. The number of fused-ring (bicyclic) bond motifs is 1. The standard InChI is InChI=1S/C12H16N2O/c1-2-3-10(13)8-4-5-11-9(12(8)15)6-7-14-11/h4-7,10,14-15H,2-3,13H2,1H3/t10-/m1/s1. The molecule has 0 bridgehead atoms. The minimum Gasteiger partial charge on any atom is -0.507 e. The van der Waals surface area contributed by atoms with Crippen molar-refractivity contribution >= 4 is 10.9 Å². The summed E-state index contributed by atoms with van der Waals surface area (Å²) in [6, 6.07) is 5.65. The number of aromatic nitrogens is 1. The Labute approximate surface area is 88.9 Å². The molecule has 0 amide bonds. The first-order chi connectivity index (χ1) is 7.24. The van der Waals surface area contributed by atoms with Gasteiger partial charge in [-0.1, -0.05) is 19.4 Å². The van der Waals surface area contributed by atoms with Crippen molar-refractivity contribution < 1.29 is 5.11 Å². The number of aromatic hydroxyl groups is 1. The molecule has 1 heterocycles. The van der Waals surface area contributed by atoms with Crippen molar-refractivity contribution in [2.45, 2.75) is 25.8 Å². The van der Waals surface area contributed by atoms with Gasteiger partial charge in [0.05, 0.1) is 0 Å². The number of hydrogen-bond acceptors (Lipinski definition) is 2. The van der Waals surface area contributed by atoms with Gasteiger partial charge in [-0.05, 0) is 18.6 Å². The van der Waals surface area contributed by atoms with Gasteiger partial charge in [0.25, 0.3) is 0 Å². The molecule has 2 rings (SSSR count). The lowest BCUT2D eigenvalue weighted by molar-refractivity contribution is 0.464. The largest absolute Gasteiger partial charge is 0.507 e. The highest BCUT2D eigenvalue weighted by Crippen LogP contribution is 2.32. The van der Waals surface area contributed by atoms with Crippen molar-refractivity contribution in [2.24, 2.45) is 5.73 Å². The minimum absolute atomic E-state index is 0.0747. The summed E-state index contributed by atoms with van der Waals surface area (Å²) in [5.74, 6) is 0.315. The molecule has 1 aromatic carbocycles. The zero-order valence-corrected chi connectivity index (χ0v) is 8.83. The normalized spacial score (nSPS) is 13.2. The van der Waals surface area contributed by atoms with Gasteiger partial charge < -0.3 is 15.8 Å². The predicted molar refractivity (Wildman–Crippen MR) is 61.8 cm³/mol. The van der Waals surface area contributed by atoms with Gasteiger partial charge in [0.2, 0.25) is 0 Å². The zero-order valence-electron chi connectivity index (χ0n) is 8.83. The monoisotopic (exact) mass is 204 g/mol. The van der Waals surface area contributed by atoms with Crippen LogP contribution < -0.4 is 5.73 Å². The Hall–Kier alpha value is -1.48. The molecule has 0 saturated heterocycles. The van der Waals surface area contributed by atoms with Gasteiger partial charge in [-0.2, -0.15) is 0 Å². The van der Waals surface area contributed by atoms with Crippen LogP contribution in [0.5, 0.6) is 5.75 Å². The van der Waals surface area contributed by atoms with E-state index in [-0.39, 0.29) is 6.04 Å². The first-order valence-electron chi connectivity index (χ1n) is 5.28. The Balaban J connectivity index is 2.47. The average molecular weight is 204 g/mol. The lowest BCUT2D eigenvalue weighted by Crippen LogP contribution is -2.09. The molecule has 0 aliphatic heterocycles. The Morgan fingerprint density at radius 1 is 1.40 bits per heavy atom. The number of benzene rings is 1. The van der Waals surface area contributed by atoms with Crippen molar-refractivity contribution in [3.05, 3.63) is 30.0 Å². The van der Waals surface area contributed by atoms with Gasteiger partial charge in [0.1, 0.15) is 5.75 Å². The fraction of sp³-hybridized carbons (Fsp3) is 0.333. The van der Waals surface area contributed by atoms with Crippen LogP contribution in [0.25, 0.3) is 10.9 Å². The van der Waals surface area contributed by atoms with Crippen LogP contribution in [0.15, 0.2) is 24.4 Å². The molecule has 2 aromatic rings. The van der Waals surface area contributed by atoms with Crippen LogP contribution in [0.2, 0.25) is 0 Å². The maximum Gasteiger partial charge on any atom is 0.129 e. The van der Waals surface area contributed by atoms with Crippen LogP contribution in [0, 0.1) is 0 Å². The van der Waals surface area contributed by atoms with Crippen molar-refractivity contribution in [3.63, 3.8) is 0 Å². The Morgan fingerprint density at radius 2 is 2.20 bits per heavy atom. The highest BCUT2D eigenvalue weighted by molar-refractivity contribution is 5.87. The Bertz CT molecular complexity index is 462. The molecule has 0 saturated carbocycles. The Kier molecular flexibility index (Phi) is 2.64. The summed E-state index contributed by atoms with van der Waals surface area (Å²) >= 11 is 0. The quantitative estimate of drug-likeness (QED) is 0.719. The van der Waals surface area contributed by atoms with E-state index >= 15 is 0 Å². The summed E-state index contributed by atoms with van der Waals surface area (Å²) in [7, 11) is 0.